The molecule has 52 heavy (non-hydrogen) atoms. The largest absolute Gasteiger partial charge is 0.444 e. The van der Waals surface area contributed by atoms with Crippen molar-refractivity contribution in [3.05, 3.63) is 103 Å². The summed E-state index contributed by atoms with van der Waals surface area (Å²) >= 11 is 4.54. The standard InChI is InChI=1S/C21H27IN4O3.C17H19IN4O/c1-21(2,3)29-20(28)23-9-10-26-14-18(22)24-19(26)16-11-25(12-16)13-17(27)15-7-5-4-6-8-15;18-16-14-8-19-6-7-22(14)17(20-16)13-9-21(10-13)11-15(23)12-4-2-1-3-5-12/h4-8,14,16H,9-13H2,1-3H3,(H,23,28);1-5,13,19H,6-11H2. The fourth-order valence-corrected chi connectivity index (χ4v) is 7.97. The number of Topliss-reactive ketones (excluding diaryl/α,β-unsaturated/α-hetero) is 2. The van der Waals surface area contributed by atoms with E-state index >= 15 is 0 Å². The molecule has 0 unspecified atom stereocenters. The first-order valence-electron chi connectivity index (χ1n) is 17.7. The molecule has 2 aromatic carbocycles. The van der Waals surface area contributed by atoms with E-state index in [1.165, 1.54) is 11.5 Å². The summed E-state index contributed by atoms with van der Waals surface area (Å²) in [4.78, 5) is 50.2. The molecule has 0 radical (unpaired) electrons. The molecule has 0 aliphatic carbocycles. The maximum Gasteiger partial charge on any atom is 0.407 e. The van der Waals surface area contributed by atoms with Gasteiger partial charge in [-0.05, 0) is 66.0 Å². The fourth-order valence-electron chi connectivity index (χ4n) is 6.66. The summed E-state index contributed by atoms with van der Waals surface area (Å²) in [6.45, 7) is 14.0. The number of ether oxygens (including phenoxy) is 1. The van der Waals surface area contributed by atoms with Gasteiger partial charge in [-0.15, -0.1) is 0 Å². The molecule has 0 saturated carbocycles. The number of amides is 1. The van der Waals surface area contributed by atoms with Crippen LogP contribution >= 0.6 is 45.2 Å². The number of nitrogens with zero attached hydrogens (tertiary/aromatic N) is 6. The molecule has 0 bridgehead atoms. The molecule has 0 atom stereocenters. The summed E-state index contributed by atoms with van der Waals surface area (Å²) in [5, 5.41) is 6.19. The zero-order chi connectivity index (χ0) is 36.8. The number of hydrogen-bond donors (Lipinski definition) is 2. The smallest absolute Gasteiger partial charge is 0.407 e. The highest BCUT2D eigenvalue weighted by molar-refractivity contribution is 14.1. The number of benzene rings is 2. The normalized spacial score (nSPS) is 16.6. The summed E-state index contributed by atoms with van der Waals surface area (Å²) in [6.07, 6.45) is 1.58. The minimum atomic E-state index is -0.508. The molecule has 5 heterocycles. The molecule has 2 N–H and O–H groups in total. The molecule has 4 aromatic rings. The van der Waals surface area contributed by atoms with Crippen LogP contribution in [0, 0.1) is 7.40 Å². The van der Waals surface area contributed by atoms with Crippen LogP contribution in [0.25, 0.3) is 0 Å². The van der Waals surface area contributed by atoms with Gasteiger partial charge in [0.05, 0.1) is 18.8 Å². The van der Waals surface area contributed by atoms with Gasteiger partial charge in [0.25, 0.3) is 0 Å². The maximum absolute atomic E-state index is 12.4. The Morgan fingerprint density at radius 2 is 1.40 bits per heavy atom. The first-order chi connectivity index (χ1) is 24.9. The van der Waals surface area contributed by atoms with Crippen molar-refractivity contribution in [1.82, 2.24) is 39.5 Å². The number of likely N-dealkylation sites (tertiary alicyclic amines) is 2. The lowest BCUT2D eigenvalue weighted by molar-refractivity contribution is 0.0525. The highest BCUT2D eigenvalue weighted by Crippen LogP contribution is 2.30. The maximum atomic E-state index is 12.4. The van der Waals surface area contributed by atoms with Gasteiger partial charge in [-0.25, -0.2) is 14.8 Å². The Bertz CT molecular complexity index is 1850. The average Bonchev–Trinajstić information content (AvgIpc) is 3.62. The third kappa shape index (κ3) is 10.1. The summed E-state index contributed by atoms with van der Waals surface area (Å²) < 4.78 is 11.8. The van der Waals surface area contributed by atoms with E-state index in [2.05, 4.69) is 79.7 Å². The number of fused-ring (bicyclic) bond motifs is 1. The third-order valence-corrected chi connectivity index (χ3v) is 10.6. The van der Waals surface area contributed by atoms with Crippen molar-refractivity contribution in [3.63, 3.8) is 0 Å². The molecule has 14 heteroatoms. The number of halogens is 2. The van der Waals surface area contributed by atoms with E-state index in [0.717, 1.165) is 70.2 Å². The Morgan fingerprint density at radius 3 is 1.96 bits per heavy atom. The van der Waals surface area contributed by atoms with Crippen molar-refractivity contribution in [2.75, 3.05) is 52.4 Å². The predicted octanol–water partition coefficient (Wildman–Crippen LogP) is 5.17. The van der Waals surface area contributed by atoms with E-state index in [1.807, 2.05) is 87.6 Å². The zero-order valence-corrected chi connectivity index (χ0v) is 34.2. The first-order valence-corrected chi connectivity index (χ1v) is 19.9. The Balaban J connectivity index is 0.000000183. The second-order valence-corrected chi connectivity index (χ2v) is 16.6. The van der Waals surface area contributed by atoms with Gasteiger partial charge >= 0.3 is 6.09 Å². The molecule has 2 saturated heterocycles. The molecular weight excluding hydrogens is 886 g/mol. The van der Waals surface area contributed by atoms with Crippen molar-refractivity contribution < 1.29 is 19.1 Å². The Labute approximate surface area is 332 Å². The van der Waals surface area contributed by atoms with E-state index in [4.69, 9.17) is 9.72 Å². The van der Waals surface area contributed by atoms with Gasteiger partial charge in [0.2, 0.25) is 0 Å². The number of carbonyl (C=O) groups is 3. The second kappa shape index (κ2) is 17.3. The van der Waals surface area contributed by atoms with Crippen molar-refractivity contribution in [2.24, 2.45) is 0 Å². The number of alkyl carbamates (subject to hydrolysis) is 1. The Hall–Kier alpha value is -3.19. The number of rotatable bonds is 11. The lowest BCUT2D eigenvalue weighted by Gasteiger charge is -2.38. The van der Waals surface area contributed by atoms with Crippen LogP contribution in [0.15, 0.2) is 66.9 Å². The van der Waals surface area contributed by atoms with Gasteiger partial charge in [0, 0.05) is 88.1 Å². The molecule has 276 valence electrons. The number of ketones is 2. The van der Waals surface area contributed by atoms with Gasteiger partial charge in [-0.3, -0.25) is 19.4 Å². The number of aromatic nitrogens is 4. The van der Waals surface area contributed by atoms with Crippen molar-refractivity contribution in [2.45, 2.75) is 57.8 Å². The summed E-state index contributed by atoms with van der Waals surface area (Å²) in [5.74, 6) is 3.30. The van der Waals surface area contributed by atoms with Crippen molar-refractivity contribution in [1.29, 1.82) is 0 Å². The molecule has 12 nitrogen and oxygen atoms in total. The molecular formula is C38H46I2N8O4. The van der Waals surface area contributed by atoms with E-state index in [0.29, 0.717) is 38.0 Å². The van der Waals surface area contributed by atoms with Crippen molar-refractivity contribution >= 4 is 62.8 Å². The molecule has 3 aliphatic rings. The number of hydrogen-bond acceptors (Lipinski definition) is 9. The molecule has 2 fully saturated rings. The summed E-state index contributed by atoms with van der Waals surface area (Å²) in [6, 6.07) is 18.9. The van der Waals surface area contributed by atoms with Crippen LogP contribution in [0.3, 0.4) is 0 Å². The average molecular weight is 933 g/mol. The van der Waals surface area contributed by atoms with Gasteiger partial charge in [-0.2, -0.15) is 0 Å². The monoisotopic (exact) mass is 932 g/mol. The van der Waals surface area contributed by atoms with Crippen LogP contribution in [-0.2, 0) is 24.4 Å². The van der Waals surface area contributed by atoms with Gasteiger partial charge in [-0.1, -0.05) is 60.7 Å². The van der Waals surface area contributed by atoms with Gasteiger partial charge in [0.15, 0.2) is 11.6 Å². The number of nitrogens with one attached hydrogen (secondary N) is 2. The number of carbonyl (C=O) groups excluding carboxylic acids is 3. The first kappa shape index (κ1) is 38.5. The van der Waals surface area contributed by atoms with Crippen molar-refractivity contribution in [3.8, 4) is 0 Å². The molecule has 0 spiro atoms. The van der Waals surface area contributed by atoms with Crippen LogP contribution in [0.1, 0.15) is 70.7 Å². The predicted molar refractivity (Wildman–Crippen MR) is 216 cm³/mol. The molecule has 3 aliphatic heterocycles. The summed E-state index contributed by atoms with van der Waals surface area (Å²) in [5.41, 5.74) is 2.35. The van der Waals surface area contributed by atoms with E-state index < -0.39 is 11.7 Å². The van der Waals surface area contributed by atoms with Crippen LogP contribution < -0.4 is 10.6 Å². The van der Waals surface area contributed by atoms with Crippen LogP contribution in [0.5, 0.6) is 0 Å². The van der Waals surface area contributed by atoms with E-state index in [9.17, 15) is 14.4 Å². The highest BCUT2D eigenvalue weighted by Gasteiger charge is 2.35. The summed E-state index contributed by atoms with van der Waals surface area (Å²) in [7, 11) is 0. The quantitative estimate of drug-likeness (QED) is 0.155. The molecule has 2 aromatic heterocycles. The minimum absolute atomic E-state index is 0.142. The SMILES string of the molecule is CC(C)(C)OC(=O)NCCn1cc(I)nc1C1CN(CC(=O)c2ccccc2)C1.O=C(CN1CC(c2nc(I)c3n2CCNC3)C1)c1ccccc1. The number of imidazole rings is 2. The van der Waals surface area contributed by atoms with Gasteiger partial charge in [0.1, 0.15) is 24.7 Å². The lowest BCUT2D eigenvalue weighted by Crippen LogP contribution is -2.48. The van der Waals surface area contributed by atoms with Crippen LogP contribution in [0.4, 0.5) is 4.79 Å². The Kier molecular flexibility index (Phi) is 12.8. The van der Waals surface area contributed by atoms with E-state index in [-0.39, 0.29) is 11.6 Å². The fraction of sp³-hybridized carbons (Fsp3) is 0.447. The van der Waals surface area contributed by atoms with Gasteiger partial charge < -0.3 is 24.5 Å². The lowest BCUT2D eigenvalue weighted by atomic mass is 9.98. The topological polar surface area (TPSA) is 127 Å². The Morgan fingerprint density at radius 1 is 0.846 bits per heavy atom. The highest BCUT2D eigenvalue weighted by atomic mass is 127. The third-order valence-electron chi connectivity index (χ3n) is 9.23. The zero-order valence-electron chi connectivity index (χ0n) is 29.9. The molecule has 7 rings (SSSR count). The van der Waals surface area contributed by atoms with Crippen LogP contribution in [-0.4, -0.2) is 105 Å². The second-order valence-electron chi connectivity index (χ2n) is 14.4. The van der Waals surface area contributed by atoms with E-state index in [1.54, 1.807) is 0 Å². The minimum Gasteiger partial charge on any atom is -0.444 e. The van der Waals surface area contributed by atoms with Crippen LogP contribution in [0.2, 0.25) is 0 Å². The molecule has 1 amide bonds.